The fraction of sp³-hybridized carbons (Fsp3) is 0.100. The summed E-state index contributed by atoms with van der Waals surface area (Å²) in [6, 6.07) is 7.68. The van der Waals surface area contributed by atoms with Gasteiger partial charge in [-0.3, -0.25) is 0 Å². The third kappa shape index (κ3) is 1.29. The normalized spacial score (nSPS) is 10.3. The Bertz CT molecular complexity index is 527. The van der Waals surface area contributed by atoms with Crippen molar-refractivity contribution in [1.82, 2.24) is 0 Å². The van der Waals surface area contributed by atoms with Gasteiger partial charge in [0.2, 0.25) is 0 Å². The molecule has 1 N–H and O–H groups in total. The average Bonchev–Trinajstić information content (AvgIpc) is 2.55. The summed E-state index contributed by atoms with van der Waals surface area (Å²) in [6.07, 6.45) is 0. The first-order valence-corrected chi connectivity index (χ1v) is 5.91. The van der Waals surface area contributed by atoms with E-state index < -0.39 is 0 Å². The molecule has 0 aliphatic carbocycles. The number of nitrogens with zero attached hydrogens (tertiary/aromatic N) is 1. The molecule has 0 aliphatic rings. The molecule has 0 radical (unpaired) electrons. The van der Waals surface area contributed by atoms with Crippen LogP contribution in [0.5, 0.6) is 5.75 Å². The minimum Gasteiger partial charge on any atom is -0.505 e. The van der Waals surface area contributed by atoms with Crippen LogP contribution in [0.25, 0.3) is 10.1 Å². The van der Waals surface area contributed by atoms with E-state index in [-0.39, 0.29) is 5.75 Å². The van der Waals surface area contributed by atoms with Crippen molar-refractivity contribution in [2.24, 2.45) is 0 Å². The Morgan fingerprint density at radius 1 is 1.50 bits per heavy atom. The lowest BCUT2D eigenvalue weighted by Crippen LogP contribution is -1.75. The molecule has 0 aliphatic heterocycles. The molecule has 4 heteroatoms. The van der Waals surface area contributed by atoms with Crippen molar-refractivity contribution < 1.29 is 5.11 Å². The summed E-state index contributed by atoms with van der Waals surface area (Å²) in [4.78, 5) is 0.383. The van der Waals surface area contributed by atoms with E-state index in [9.17, 15) is 5.11 Å². The van der Waals surface area contributed by atoms with Gasteiger partial charge >= 0.3 is 0 Å². The third-order valence-corrected chi connectivity index (χ3v) is 3.80. The van der Waals surface area contributed by atoms with E-state index in [1.165, 1.54) is 11.3 Å². The van der Waals surface area contributed by atoms with Gasteiger partial charge in [0.15, 0.2) is 5.75 Å². The number of nitriles is 1. The summed E-state index contributed by atoms with van der Waals surface area (Å²) >= 11 is 4.71. The van der Waals surface area contributed by atoms with E-state index in [1.807, 2.05) is 24.3 Å². The van der Waals surface area contributed by atoms with Gasteiger partial charge in [0, 0.05) is 15.4 Å². The Morgan fingerprint density at radius 3 is 2.93 bits per heavy atom. The highest BCUT2D eigenvalue weighted by atomic mass is 79.9. The second-order valence-corrected chi connectivity index (χ2v) is 4.40. The number of fused-ring (bicyclic) bond motifs is 1. The van der Waals surface area contributed by atoms with Crippen LogP contribution in [-0.4, -0.2) is 5.11 Å². The van der Waals surface area contributed by atoms with Crippen molar-refractivity contribution in [2.75, 3.05) is 0 Å². The van der Waals surface area contributed by atoms with E-state index in [4.69, 9.17) is 5.26 Å². The highest BCUT2D eigenvalue weighted by molar-refractivity contribution is 9.08. The topological polar surface area (TPSA) is 44.0 Å². The molecule has 1 heterocycles. The molecule has 2 aromatic rings. The molecule has 1 aromatic heterocycles. The molecule has 0 bridgehead atoms. The lowest BCUT2D eigenvalue weighted by atomic mass is 10.2. The maximum atomic E-state index is 9.68. The van der Waals surface area contributed by atoms with E-state index >= 15 is 0 Å². The smallest absolute Gasteiger partial charge is 0.152 e. The van der Waals surface area contributed by atoms with E-state index in [0.29, 0.717) is 4.88 Å². The average molecular weight is 268 g/mol. The lowest BCUT2D eigenvalue weighted by Gasteiger charge is -1.96. The highest BCUT2D eigenvalue weighted by Gasteiger charge is 2.12. The van der Waals surface area contributed by atoms with Gasteiger partial charge in [-0.1, -0.05) is 28.1 Å². The molecular formula is C10H6BrNOS. The molecule has 0 saturated heterocycles. The Labute approximate surface area is 93.5 Å². The summed E-state index contributed by atoms with van der Waals surface area (Å²) in [5.74, 6) is 0.107. The molecule has 2 rings (SSSR count). The van der Waals surface area contributed by atoms with Crippen LogP contribution in [0, 0.1) is 11.3 Å². The van der Waals surface area contributed by atoms with Gasteiger partial charge in [0.1, 0.15) is 10.9 Å². The molecule has 14 heavy (non-hydrogen) atoms. The standard InChI is InChI=1S/C10H6BrNOS/c11-4-6-2-1-3-7-9(13)8(5-12)14-10(6)7/h1-3,13H,4H2. The number of alkyl halides is 1. The summed E-state index contributed by atoms with van der Waals surface area (Å²) < 4.78 is 0.985. The van der Waals surface area contributed by atoms with Gasteiger partial charge in [-0.05, 0) is 11.6 Å². The fourth-order valence-corrected chi connectivity index (χ4v) is 3.00. The van der Waals surface area contributed by atoms with Crippen molar-refractivity contribution in [3.63, 3.8) is 0 Å². The minimum absolute atomic E-state index is 0.107. The van der Waals surface area contributed by atoms with E-state index in [0.717, 1.165) is 21.0 Å². The molecule has 1 aromatic carbocycles. The van der Waals surface area contributed by atoms with Crippen LogP contribution in [0.4, 0.5) is 0 Å². The first kappa shape index (κ1) is 9.50. The minimum atomic E-state index is 0.107. The summed E-state index contributed by atoms with van der Waals surface area (Å²) in [5, 5.41) is 20.0. The quantitative estimate of drug-likeness (QED) is 0.806. The first-order chi connectivity index (χ1) is 6.77. The van der Waals surface area contributed by atoms with Crippen LogP contribution in [0.1, 0.15) is 10.4 Å². The molecule has 0 fully saturated rings. The lowest BCUT2D eigenvalue weighted by molar-refractivity contribution is 0.482. The number of rotatable bonds is 1. The molecule has 2 nitrogen and oxygen atoms in total. The van der Waals surface area contributed by atoms with Crippen LogP contribution >= 0.6 is 27.3 Å². The molecule has 0 saturated carbocycles. The maximum Gasteiger partial charge on any atom is 0.152 e. The van der Waals surface area contributed by atoms with Crippen LogP contribution < -0.4 is 0 Å². The van der Waals surface area contributed by atoms with Crippen LogP contribution in [-0.2, 0) is 5.33 Å². The van der Waals surface area contributed by atoms with E-state index in [2.05, 4.69) is 15.9 Å². The largest absolute Gasteiger partial charge is 0.505 e. The Hall–Kier alpha value is -1.05. The number of thiophene rings is 1. The Kier molecular flexibility index (Phi) is 2.44. The van der Waals surface area contributed by atoms with Gasteiger partial charge in [-0.25, -0.2) is 0 Å². The summed E-state index contributed by atoms with van der Waals surface area (Å²) in [7, 11) is 0. The predicted molar refractivity (Wildman–Crippen MR) is 60.8 cm³/mol. The van der Waals surface area contributed by atoms with Crippen molar-refractivity contribution in [3.8, 4) is 11.8 Å². The number of aromatic hydroxyl groups is 1. The SMILES string of the molecule is N#Cc1sc2c(CBr)cccc2c1O. The third-order valence-electron chi connectivity index (χ3n) is 2.02. The van der Waals surface area contributed by atoms with Gasteiger partial charge in [-0.15, -0.1) is 11.3 Å². The fourth-order valence-electron chi connectivity index (χ4n) is 1.35. The zero-order valence-electron chi connectivity index (χ0n) is 7.12. The molecule has 0 spiro atoms. The van der Waals surface area contributed by atoms with Crippen LogP contribution in [0.2, 0.25) is 0 Å². The Morgan fingerprint density at radius 2 is 2.29 bits per heavy atom. The number of halogens is 1. The van der Waals surface area contributed by atoms with Crippen molar-refractivity contribution in [2.45, 2.75) is 5.33 Å². The zero-order valence-corrected chi connectivity index (χ0v) is 9.52. The molecule has 0 unspecified atom stereocenters. The first-order valence-electron chi connectivity index (χ1n) is 3.97. The van der Waals surface area contributed by atoms with Gasteiger partial charge in [0.25, 0.3) is 0 Å². The van der Waals surface area contributed by atoms with E-state index in [1.54, 1.807) is 0 Å². The summed E-state index contributed by atoms with van der Waals surface area (Å²) in [6.45, 7) is 0. The monoisotopic (exact) mass is 267 g/mol. The van der Waals surface area contributed by atoms with Gasteiger partial charge in [-0.2, -0.15) is 5.26 Å². The van der Waals surface area contributed by atoms with Crippen LogP contribution in [0.3, 0.4) is 0 Å². The maximum absolute atomic E-state index is 9.68. The molecule has 0 atom stereocenters. The van der Waals surface area contributed by atoms with Crippen molar-refractivity contribution in [3.05, 3.63) is 28.6 Å². The Balaban J connectivity index is 2.85. The van der Waals surface area contributed by atoms with Gasteiger partial charge < -0.3 is 5.11 Å². The van der Waals surface area contributed by atoms with Crippen molar-refractivity contribution >= 4 is 37.4 Å². The molecular weight excluding hydrogens is 262 g/mol. The number of benzene rings is 1. The zero-order chi connectivity index (χ0) is 10.1. The van der Waals surface area contributed by atoms with Crippen LogP contribution in [0.15, 0.2) is 18.2 Å². The second-order valence-electron chi connectivity index (χ2n) is 2.82. The summed E-state index contributed by atoms with van der Waals surface area (Å²) in [5.41, 5.74) is 1.10. The van der Waals surface area contributed by atoms with Crippen molar-refractivity contribution in [1.29, 1.82) is 5.26 Å². The molecule has 0 amide bonds. The highest BCUT2D eigenvalue weighted by Crippen LogP contribution is 2.38. The number of hydrogen-bond donors (Lipinski definition) is 1. The number of hydrogen-bond acceptors (Lipinski definition) is 3. The second kappa shape index (κ2) is 3.60. The molecule has 70 valence electrons. The van der Waals surface area contributed by atoms with Gasteiger partial charge in [0.05, 0.1) is 0 Å². The predicted octanol–water partition coefficient (Wildman–Crippen LogP) is 3.37.